The fraction of sp³-hybridized carbons (Fsp3) is 0.0385. The number of nitrogens with zero attached hydrogens (tertiary/aromatic N) is 3. The van der Waals surface area contributed by atoms with Crippen LogP contribution in [0, 0.1) is 11.3 Å². The van der Waals surface area contributed by atoms with Crippen LogP contribution in [-0.2, 0) is 4.79 Å². The van der Waals surface area contributed by atoms with E-state index in [9.17, 15) is 20.0 Å². The number of carboxylic acids is 1. The van der Waals surface area contributed by atoms with Crippen LogP contribution in [0.5, 0.6) is 5.75 Å². The minimum absolute atomic E-state index is 0.0798. The summed E-state index contributed by atoms with van der Waals surface area (Å²) >= 11 is 0. The molecule has 3 N–H and O–H groups in total. The van der Waals surface area contributed by atoms with E-state index in [-0.39, 0.29) is 17.2 Å². The highest BCUT2D eigenvalue weighted by molar-refractivity contribution is 5.80. The van der Waals surface area contributed by atoms with Crippen LogP contribution >= 0.6 is 0 Å². The summed E-state index contributed by atoms with van der Waals surface area (Å²) in [6, 6.07) is 26.2. The Morgan fingerprint density at radius 2 is 1.71 bits per heavy atom. The molecule has 0 saturated heterocycles. The van der Waals surface area contributed by atoms with E-state index in [0.717, 1.165) is 0 Å². The smallest absolute Gasteiger partial charge is 0.349 e. The monoisotopic (exact) mass is 465 g/mol. The van der Waals surface area contributed by atoms with E-state index in [4.69, 9.17) is 4.74 Å². The number of carbonyl (C=O) groups is 1. The second kappa shape index (κ2) is 10.6. The molecule has 3 aromatic carbocycles. The van der Waals surface area contributed by atoms with Crippen molar-refractivity contribution in [3.8, 4) is 23.1 Å². The molecule has 0 fully saturated rings. The zero-order valence-corrected chi connectivity index (χ0v) is 18.3. The second-order valence-electron chi connectivity index (χ2n) is 7.30. The molecule has 1 heterocycles. The number of ether oxygens (including phenoxy) is 1. The lowest BCUT2D eigenvalue weighted by atomic mass is 10.1. The van der Waals surface area contributed by atoms with Crippen molar-refractivity contribution in [3.05, 3.63) is 112 Å². The minimum atomic E-state index is -1.13. The zero-order valence-electron chi connectivity index (χ0n) is 18.3. The number of aromatic amines is 1. The van der Waals surface area contributed by atoms with Gasteiger partial charge in [0.2, 0.25) is 12.1 Å². The van der Waals surface area contributed by atoms with Gasteiger partial charge in [0.25, 0.3) is 5.56 Å². The van der Waals surface area contributed by atoms with Gasteiger partial charge in [0.1, 0.15) is 17.4 Å². The number of aliphatic carboxylic acids is 1. The first kappa shape index (κ1) is 22.9. The fourth-order valence-corrected chi connectivity index (χ4v) is 3.26. The Hall–Kier alpha value is -5.23. The van der Waals surface area contributed by atoms with Crippen molar-refractivity contribution in [2.75, 3.05) is 5.43 Å². The van der Waals surface area contributed by atoms with Crippen LogP contribution in [0.15, 0.2) is 94.8 Å². The predicted octanol–water partition coefficient (Wildman–Crippen LogP) is 3.96. The number of hydrazone groups is 1. The van der Waals surface area contributed by atoms with E-state index in [0.29, 0.717) is 22.4 Å². The highest BCUT2D eigenvalue weighted by atomic mass is 16.5. The van der Waals surface area contributed by atoms with Gasteiger partial charge in [-0.1, -0.05) is 60.7 Å². The lowest BCUT2D eigenvalue weighted by molar-refractivity contribution is -0.145. The molecule has 0 saturated carbocycles. The number of rotatable bonds is 8. The molecule has 1 aromatic heterocycles. The molecule has 0 aliphatic carbocycles. The third kappa shape index (κ3) is 5.58. The van der Waals surface area contributed by atoms with E-state index in [1.165, 1.54) is 6.21 Å². The molecule has 9 heteroatoms. The van der Waals surface area contributed by atoms with Gasteiger partial charge >= 0.3 is 5.97 Å². The molecule has 1 unspecified atom stereocenters. The Balaban J connectivity index is 1.47. The predicted molar refractivity (Wildman–Crippen MR) is 130 cm³/mol. The van der Waals surface area contributed by atoms with Crippen LogP contribution in [-0.4, -0.2) is 27.3 Å². The maximum Gasteiger partial charge on any atom is 0.349 e. The summed E-state index contributed by atoms with van der Waals surface area (Å²) in [5.74, 6) is -0.627. The van der Waals surface area contributed by atoms with Gasteiger partial charge in [-0.3, -0.25) is 9.78 Å². The molecule has 0 amide bonds. The highest BCUT2D eigenvalue weighted by Gasteiger charge is 2.21. The average molecular weight is 465 g/mol. The van der Waals surface area contributed by atoms with Gasteiger partial charge < -0.3 is 9.84 Å². The summed E-state index contributed by atoms with van der Waals surface area (Å²) in [7, 11) is 0. The van der Waals surface area contributed by atoms with Crippen LogP contribution < -0.4 is 15.7 Å². The maximum absolute atomic E-state index is 12.3. The number of benzene rings is 3. The van der Waals surface area contributed by atoms with Crippen LogP contribution in [0.3, 0.4) is 0 Å². The maximum atomic E-state index is 12.3. The minimum Gasteiger partial charge on any atom is -0.478 e. The van der Waals surface area contributed by atoms with E-state index in [2.05, 4.69) is 20.5 Å². The molecule has 1 atom stereocenters. The van der Waals surface area contributed by atoms with Crippen molar-refractivity contribution >= 4 is 18.1 Å². The highest BCUT2D eigenvalue weighted by Crippen LogP contribution is 2.23. The number of nitrogens with one attached hydrogen (secondary N) is 2. The Bertz CT molecular complexity index is 1440. The summed E-state index contributed by atoms with van der Waals surface area (Å²) in [5.41, 5.74) is 4.11. The first-order valence-electron chi connectivity index (χ1n) is 10.5. The molecule has 0 radical (unpaired) electrons. The Morgan fingerprint density at radius 3 is 2.34 bits per heavy atom. The number of hydrogen-bond acceptors (Lipinski definition) is 7. The van der Waals surface area contributed by atoms with E-state index in [1.54, 1.807) is 78.9 Å². The lowest BCUT2D eigenvalue weighted by Gasteiger charge is -2.15. The van der Waals surface area contributed by atoms with Crippen molar-refractivity contribution in [2.24, 2.45) is 5.10 Å². The normalized spacial score (nSPS) is 11.5. The summed E-state index contributed by atoms with van der Waals surface area (Å²) in [4.78, 5) is 30.7. The zero-order chi connectivity index (χ0) is 24.6. The first-order valence-corrected chi connectivity index (χ1v) is 10.5. The van der Waals surface area contributed by atoms with Gasteiger partial charge in [0.15, 0.2) is 0 Å². The lowest BCUT2D eigenvalue weighted by Crippen LogP contribution is -2.18. The molecule has 0 spiro atoms. The van der Waals surface area contributed by atoms with Gasteiger partial charge in [0.05, 0.1) is 11.9 Å². The molecule has 9 nitrogen and oxygen atoms in total. The number of aromatic nitrogens is 2. The van der Waals surface area contributed by atoms with Gasteiger partial charge in [-0.25, -0.2) is 15.2 Å². The van der Waals surface area contributed by atoms with Gasteiger partial charge in [-0.05, 0) is 29.8 Å². The quantitative estimate of drug-likeness (QED) is 0.264. The van der Waals surface area contributed by atoms with Crippen molar-refractivity contribution in [2.45, 2.75) is 6.10 Å². The van der Waals surface area contributed by atoms with Crippen molar-refractivity contribution in [1.29, 1.82) is 5.26 Å². The molecule has 4 aromatic rings. The van der Waals surface area contributed by atoms with Gasteiger partial charge in [-0.15, -0.1) is 0 Å². The summed E-state index contributed by atoms with van der Waals surface area (Å²) in [6.07, 6.45) is 0.367. The first-order chi connectivity index (χ1) is 17.0. The second-order valence-corrected chi connectivity index (χ2v) is 7.30. The van der Waals surface area contributed by atoms with Gasteiger partial charge in [-0.2, -0.15) is 10.4 Å². The van der Waals surface area contributed by atoms with Crippen molar-refractivity contribution in [1.82, 2.24) is 9.97 Å². The summed E-state index contributed by atoms with van der Waals surface area (Å²) < 4.78 is 5.65. The molecule has 0 aliphatic heterocycles. The third-order valence-electron chi connectivity index (χ3n) is 4.92. The average Bonchev–Trinajstić information content (AvgIpc) is 2.88. The van der Waals surface area contributed by atoms with Gasteiger partial charge in [0, 0.05) is 11.1 Å². The molecular formula is C26H19N5O4. The van der Waals surface area contributed by atoms with E-state index in [1.807, 2.05) is 12.1 Å². The fourth-order valence-electron chi connectivity index (χ4n) is 3.26. The largest absolute Gasteiger partial charge is 0.478 e. The van der Waals surface area contributed by atoms with Crippen LogP contribution in [0.4, 0.5) is 5.95 Å². The Kier molecular flexibility index (Phi) is 6.94. The molecule has 172 valence electrons. The summed E-state index contributed by atoms with van der Waals surface area (Å²) in [5, 5.41) is 22.9. The number of carboxylic acid groups (broad SMARTS) is 1. The van der Waals surface area contributed by atoms with Crippen molar-refractivity contribution < 1.29 is 14.6 Å². The third-order valence-corrected chi connectivity index (χ3v) is 4.92. The Labute approximate surface area is 200 Å². The topological polar surface area (TPSA) is 140 Å². The molecule has 0 bridgehead atoms. The van der Waals surface area contributed by atoms with Crippen LogP contribution in [0.1, 0.15) is 22.8 Å². The summed E-state index contributed by atoms with van der Waals surface area (Å²) in [6.45, 7) is 0. The Morgan fingerprint density at radius 1 is 1.06 bits per heavy atom. The standard InChI is InChI=1S/C26H19N5O4/c27-15-21-22(18-7-3-1-4-8-18)29-26(30-24(21)32)31-28-16-17-11-13-20(14-12-17)35-23(25(33)34)19-9-5-2-6-10-19/h1-14,16,23H,(H,33,34)(H2,29,30,31,32). The van der Waals surface area contributed by atoms with E-state index >= 15 is 0 Å². The van der Waals surface area contributed by atoms with Crippen LogP contribution in [0.2, 0.25) is 0 Å². The molecule has 35 heavy (non-hydrogen) atoms. The number of nitriles is 1. The van der Waals surface area contributed by atoms with E-state index < -0.39 is 17.6 Å². The number of anilines is 1. The number of H-pyrrole nitrogens is 1. The molecule has 4 rings (SSSR count). The number of hydrogen-bond donors (Lipinski definition) is 3. The SMILES string of the molecule is N#Cc1c(-c2ccccc2)nc(NN=Cc2ccc(OC(C(=O)O)c3ccccc3)cc2)[nH]c1=O. The molecular weight excluding hydrogens is 446 g/mol. The van der Waals surface area contributed by atoms with Crippen LogP contribution in [0.25, 0.3) is 11.3 Å². The molecule has 0 aliphatic rings. The van der Waals surface area contributed by atoms with Crippen molar-refractivity contribution in [3.63, 3.8) is 0 Å².